The number of hydrogen-bond acceptors (Lipinski definition) is 4. The van der Waals surface area contributed by atoms with Crippen LogP contribution in [0.4, 0.5) is 0 Å². The van der Waals surface area contributed by atoms with Crippen LogP contribution >= 0.6 is 0 Å². The summed E-state index contributed by atoms with van der Waals surface area (Å²) in [7, 11) is 0. The van der Waals surface area contributed by atoms with Gasteiger partial charge < -0.3 is 9.80 Å². The van der Waals surface area contributed by atoms with Crippen molar-refractivity contribution in [1.82, 2.24) is 9.80 Å². The average Bonchev–Trinajstić information content (AvgIpc) is 3.32. The minimum absolute atomic E-state index is 0.00112. The number of allylic oxidation sites excluding steroid dienone is 2. The largest absolute Gasteiger partial charge is 0.349 e. The molecule has 4 heteroatoms. The lowest BCUT2D eigenvalue weighted by Gasteiger charge is -2.23. The van der Waals surface area contributed by atoms with Gasteiger partial charge in [0, 0.05) is 24.2 Å². The standard InChI is InChI=1S/C34H40N2O2/c1-2-3-4-5-6-7-8-9-14-23-35-25-36(24-22-27-18-15-17-26-16-10-11-19-28(26)27)32-31(35)33(37)29-20-12-13-21-30(29)34(32)38/h10-13,15-21H,2-9,14,22-25H2,1H3. The number of rotatable bonds is 13. The zero-order chi connectivity index (χ0) is 26.3. The Kier molecular flexibility index (Phi) is 8.58. The zero-order valence-corrected chi connectivity index (χ0v) is 22.8. The third-order valence-electron chi connectivity index (χ3n) is 8.11. The van der Waals surface area contributed by atoms with Crippen LogP contribution in [0.1, 0.15) is 91.0 Å². The molecule has 38 heavy (non-hydrogen) atoms. The molecule has 0 saturated carbocycles. The fourth-order valence-electron chi connectivity index (χ4n) is 6.03. The number of fused-ring (bicyclic) bond motifs is 2. The van der Waals surface area contributed by atoms with Crippen molar-refractivity contribution >= 4 is 22.3 Å². The maximum atomic E-state index is 13.7. The molecule has 4 nitrogen and oxygen atoms in total. The van der Waals surface area contributed by atoms with Crippen LogP contribution in [0.15, 0.2) is 78.1 Å². The van der Waals surface area contributed by atoms with Gasteiger partial charge in [0.1, 0.15) is 11.4 Å². The first-order valence-electron chi connectivity index (χ1n) is 14.6. The molecule has 1 heterocycles. The Morgan fingerprint density at radius 2 is 1.16 bits per heavy atom. The molecule has 0 unspecified atom stereocenters. The summed E-state index contributed by atoms with van der Waals surface area (Å²) in [6.45, 7) is 4.40. The molecular formula is C34H40N2O2. The first kappa shape index (κ1) is 26.2. The Morgan fingerprint density at radius 1 is 0.605 bits per heavy atom. The van der Waals surface area contributed by atoms with Gasteiger partial charge in [0.2, 0.25) is 11.6 Å². The lowest BCUT2D eigenvalue weighted by atomic mass is 9.90. The average molecular weight is 509 g/mol. The van der Waals surface area contributed by atoms with Gasteiger partial charge in [-0.25, -0.2) is 0 Å². The Balaban J connectivity index is 1.28. The summed E-state index contributed by atoms with van der Waals surface area (Å²) in [6.07, 6.45) is 12.2. The van der Waals surface area contributed by atoms with Gasteiger partial charge in [0.05, 0.1) is 6.67 Å². The topological polar surface area (TPSA) is 40.6 Å². The summed E-state index contributed by atoms with van der Waals surface area (Å²) in [5.41, 5.74) is 3.58. The zero-order valence-electron chi connectivity index (χ0n) is 22.8. The fourth-order valence-corrected chi connectivity index (χ4v) is 6.03. The molecule has 1 aliphatic carbocycles. The molecule has 1 aliphatic heterocycles. The van der Waals surface area contributed by atoms with E-state index >= 15 is 0 Å². The first-order valence-corrected chi connectivity index (χ1v) is 14.6. The summed E-state index contributed by atoms with van der Waals surface area (Å²) in [4.78, 5) is 31.6. The van der Waals surface area contributed by atoms with E-state index in [-0.39, 0.29) is 11.6 Å². The number of hydrogen-bond donors (Lipinski definition) is 0. The van der Waals surface area contributed by atoms with Crippen molar-refractivity contribution in [3.05, 3.63) is 94.8 Å². The van der Waals surface area contributed by atoms with Crippen LogP contribution in [0.2, 0.25) is 0 Å². The molecule has 2 aliphatic rings. The van der Waals surface area contributed by atoms with Gasteiger partial charge in [-0.3, -0.25) is 9.59 Å². The maximum absolute atomic E-state index is 13.7. The van der Waals surface area contributed by atoms with Crippen molar-refractivity contribution in [3.63, 3.8) is 0 Å². The molecule has 0 radical (unpaired) electrons. The Bertz CT molecular complexity index is 1320. The van der Waals surface area contributed by atoms with Crippen molar-refractivity contribution in [2.45, 2.75) is 71.1 Å². The molecule has 0 spiro atoms. The van der Waals surface area contributed by atoms with E-state index in [1.54, 1.807) is 12.1 Å². The van der Waals surface area contributed by atoms with E-state index in [0.717, 1.165) is 19.4 Å². The summed E-state index contributed by atoms with van der Waals surface area (Å²) in [5, 5.41) is 2.49. The minimum atomic E-state index is -0.0114. The lowest BCUT2D eigenvalue weighted by molar-refractivity contribution is 0.0950. The molecule has 0 N–H and O–H groups in total. The SMILES string of the molecule is CCCCCCCCCCCN1CN(CCc2cccc3ccccc23)C2=C1C(=O)c1ccccc1C2=O. The normalized spacial score (nSPS) is 15.0. The van der Waals surface area contributed by atoms with Crippen LogP contribution < -0.4 is 0 Å². The predicted molar refractivity (Wildman–Crippen MR) is 155 cm³/mol. The van der Waals surface area contributed by atoms with Gasteiger partial charge in [-0.1, -0.05) is 125 Å². The summed E-state index contributed by atoms with van der Waals surface area (Å²) in [5.74, 6) is -0.0125. The predicted octanol–water partition coefficient (Wildman–Crippen LogP) is 7.78. The van der Waals surface area contributed by atoms with Gasteiger partial charge in [0.25, 0.3) is 0 Å². The number of Topliss-reactive ketones (excluding diaryl/α,β-unsaturated/α-hetero) is 2. The van der Waals surface area contributed by atoms with Crippen molar-refractivity contribution in [3.8, 4) is 0 Å². The van der Waals surface area contributed by atoms with E-state index in [1.807, 2.05) is 12.1 Å². The van der Waals surface area contributed by atoms with Crippen molar-refractivity contribution in [1.29, 1.82) is 0 Å². The molecule has 198 valence electrons. The molecule has 3 aromatic carbocycles. The number of nitrogens with zero attached hydrogens (tertiary/aromatic N) is 2. The van der Waals surface area contributed by atoms with Crippen LogP contribution in [-0.4, -0.2) is 41.1 Å². The van der Waals surface area contributed by atoms with E-state index in [4.69, 9.17) is 0 Å². The van der Waals surface area contributed by atoms with Gasteiger partial charge in [-0.15, -0.1) is 0 Å². The number of carbonyl (C=O) groups excluding carboxylic acids is 2. The highest BCUT2D eigenvalue weighted by Crippen LogP contribution is 2.35. The molecule has 3 aromatic rings. The van der Waals surface area contributed by atoms with Crippen LogP contribution in [0.3, 0.4) is 0 Å². The molecule has 0 amide bonds. The Labute approximate surface area is 227 Å². The van der Waals surface area contributed by atoms with E-state index in [0.29, 0.717) is 35.7 Å². The van der Waals surface area contributed by atoms with Gasteiger partial charge in [0.15, 0.2) is 0 Å². The monoisotopic (exact) mass is 508 g/mol. The second-order valence-corrected chi connectivity index (χ2v) is 10.8. The van der Waals surface area contributed by atoms with E-state index < -0.39 is 0 Å². The Morgan fingerprint density at radius 3 is 1.84 bits per heavy atom. The summed E-state index contributed by atoms with van der Waals surface area (Å²) in [6, 6.07) is 22.2. The molecule has 0 fully saturated rings. The van der Waals surface area contributed by atoms with Gasteiger partial charge in [-0.05, 0) is 29.2 Å². The maximum Gasteiger partial charge on any atom is 0.212 e. The highest BCUT2D eigenvalue weighted by atomic mass is 16.1. The summed E-state index contributed by atoms with van der Waals surface area (Å²) < 4.78 is 0. The fraction of sp³-hybridized carbons (Fsp3) is 0.412. The number of ketones is 2. The van der Waals surface area contributed by atoms with Crippen LogP contribution in [0.25, 0.3) is 10.8 Å². The second kappa shape index (κ2) is 12.4. The number of carbonyl (C=O) groups is 2. The van der Waals surface area contributed by atoms with Gasteiger partial charge >= 0.3 is 0 Å². The number of unbranched alkanes of at least 4 members (excludes halogenated alkanes) is 8. The molecule has 5 rings (SSSR count). The lowest BCUT2D eigenvalue weighted by Crippen LogP contribution is -2.31. The smallest absolute Gasteiger partial charge is 0.212 e. The van der Waals surface area contributed by atoms with E-state index in [9.17, 15) is 9.59 Å². The highest BCUT2D eigenvalue weighted by molar-refractivity contribution is 6.26. The van der Waals surface area contributed by atoms with Crippen LogP contribution in [-0.2, 0) is 6.42 Å². The second-order valence-electron chi connectivity index (χ2n) is 10.8. The molecule has 0 bridgehead atoms. The quantitative estimate of drug-likeness (QED) is 0.221. The van der Waals surface area contributed by atoms with E-state index in [1.165, 1.54) is 67.7 Å². The minimum Gasteiger partial charge on any atom is -0.349 e. The van der Waals surface area contributed by atoms with Crippen LogP contribution in [0.5, 0.6) is 0 Å². The van der Waals surface area contributed by atoms with E-state index in [2.05, 4.69) is 59.2 Å². The highest BCUT2D eigenvalue weighted by Gasteiger charge is 2.42. The van der Waals surface area contributed by atoms with Gasteiger partial charge in [-0.2, -0.15) is 0 Å². The summed E-state index contributed by atoms with van der Waals surface area (Å²) >= 11 is 0. The van der Waals surface area contributed by atoms with Crippen molar-refractivity contribution < 1.29 is 9.59 Å². The van der Waals surface area contributed by atoms with Crippen LogP contribution in [0, 0.1) is 0 Å². The molecule has 0 saturated heterocycles. The molecule has 0 atom stereocenters. The van der Waals surface area contributed by atoms with Crippen molar-refractivity contribution in [2.24, 2.45) is 0 Å². The third kappa shape index (κ3) is 5.55. The third-order valence-corrected chi connectivity index (χ3v) is 8.11. The first-order chi connectivity index (χ1) is 18.7. The molecular weight excluding hydrogens is 468 g/mol. The number of benzene rings is 3. The van der Waals surface area contributed by atoms with Crippen molar-refractivity contribution in [2.75, 3.05) is 19.8 Å². The Hall–Kier alpha value is -3.40. The molecule has 0 aromatic heterocycles.